The van der Waals surface area contributed by atoms with Gasteiger partial charge in [0.15, 0.2) is 0 Å². The first-order chi connectivity index (χ1) is 6.68. The van der Waals surface area contributed by atoms with Crippen LogP contribution in [0.1, 0.15) is 42.9 Å². The maximum absolute atomic E-state index is 11.5. The van der Waals surface area contributed by atoms with Gasteiger partial charge in [0.2, 0.25) is 0 Å². The smallest absolute Gasteiger partial charge is 0.267 e. The summed E-state index contributed by atoms with van der Waals surface area (Å²) < 4.78 is 0. The van der Waals surface area contributed by atoms with Crippen LogP contribution in [0.25, 0.3) is 0 Å². The monoisotopic (exact) mass is 194 g/mol. The minimum Gasteiger partial charge on any atom is -0.389 e. The zero-order valence-corrected chi connectivity index (χ0v) is 7.97. The number of hydrogen-bond acceptors (Lipinski definition) is 2. The lowest BCUT2D eigenvalue weighted by molar-refractivity contribution is -0.0115. The van der Waals surface area contributed by atoms with E-state index >= 15 is 0 Å². The fourth-order valence-corrected chi connectivity index (χ4v) is 3.05. The molecule has 2 atom stereocenters. The Morgan fingerprint density at radius 3 is 3.14 bits per heavy atom. The highest BCUT2D eigenvalue weighted by atomic mass is 16.3. The minimum atomic E-state index is -0.555. The molecule has 1 fully saturated rings. The van der Waals surface area contributed by atoms with Crippen LogP contribution in [-0.2, 0) is 6.42 Å². The molecule has 76 valence electrons. The summed E-state index contributed by atoms with van der Waals surface area (Å²) in [6, 6.07) is 0. The molecule has 2 aliphatic rings. The molecule has 3 N–H and O–H groups in total. The summed E-state index contributed by atoms with van der Waals surface area (Å²) in [6.45, 7) is 0. The predicted molar refractivity (Wildman–Crippen MR) is 51.3 cm³/mol. The number of aromatic nitrogens is 2. The lowest BCUT2D eigenvalue weighted by Crippen LogP contribution is -2.41. The van der Waals surface area contributed by atoms with Gasteiger partial charge in [0.05, 0.1) is 5.60 Å². The Morgan fingerprint density at radius 1 is 1.43 bits per heavy atom. The number of H-pyrrole nitrogens is 2. The number of aliphatic hydroxyl groups is 1. The second-order valence-electron chi connectivity index (χ2n) is 4.67. The van der Waals surface area contributed by atoms with Crippen LogP contribution >= 0.6 is 0 Å². The van der Waals surface area contributed by atoms with Crippen molar-refractivity contribution in [2.24, 2.45) is 0 Å². The van der Waals surface area contributed by atoms with Crippen LogP contribution in [0, 0.1) is 0 Å². The molecule has 1 heterocycles. The molecule has 2 bridgehead atoms. The summed E-state index contributed by atoms with van der Waals surface area (Å²) in [5.41, 5.74) is 1.28. The number of aromatic amines is 2. The molecule has 1 saturated carbocycles. The third kappa shape index (κ3) is 1.00. The molecule has 0 amide bonds. The van der Waals surface area contributed by atoms with Crippen LogP contribution in [0.5, 0.6) is 0 Å². The van der Waals surface area contributed by atoms with E-state index in [9.17, 15) is 9.90 Å². The van der Waals surface area contributed by atoms with Crippen LogP contribution in [-0.4, -0.2) is 20.9 Å². The average Bonchev–Trinajstić information content (AvgIpc) is 2.46. The van der Waals surface area contributed by atoms with Crippen molar-refractivity contribution in [1.82, 2.24) is 10.2 Å². The largest absolute Gasteiger partial charge is 0.389 e. The van der Waals surface area contributed by atoms with Gasteiger partial charge in [-0.05, 0) is 31.6 Å². The van der Waals surface area contributed by atoms with Crippen molar-refractivity contribution in [2.75, 3.05) is 0 Å². The molecule has 3 rings (SSSR count). The van der Waals surface area contributed by atoms with Gasteiger partial charge in [0, 0.05) is 17.7 Å². The molecule has 4 heteroatoms. The van der Waals surface area contributed by atoms with Crippen LogP contribution in [0.15, 0.2) is 4.79 Å². The molecule has 0 aromatic carbocycles. The van der Waals surface area contributed by atoms with E-state index in [0.29, 0.717) is 6.42 Å². The molecule has 4 nitrogen and oxygen atoms in total. The van der Waals surface area contributed by atoms with Crippen molar-refractivity contribution in [3.63, 3.8) is 0 Å². The average molecular weight is 194 g/mol. The third-order valence-electron chi connectivity index (χ3n) is 3.63. The van der Waals surface area contributed by atoms with Gasteiger partial charge >= 0.3 is 0 Å². The topological polar surface area (TPSA) is 68.9 Å². The maximum atomic E-state index is 11.5. The van der Waals surface area contributed by atoms with Gasteiger partial charge in [-0.3, -0.25) is 9.89 Å². The standard InChI is InChI=1S/C10H14N2O2/c13-9-8-6-2-1-3-10(14,4-6)5-7(8)11-12-9/h6,14H,1-5H2,(H2,11,12,13). The summed E-state index contributed by atoms with van der Waals surface area (Å²) in [7, 11) is 0. The zero-order chi connectivity index (χ0) is 9.76. The predicted octanol–water partition coefficient (Wildman–Crippen LogP) is 0.648. The Hall–Kier alpha value is -1.03. The summed E-state index contributed by atoms with van der Waals surface area (Å²) in [5, 5.41) is 15.7. The second-order valence-corrected chi connectivity index (χ2v) is 4.67. The van der Waals surface area contributed by atoms with Gasteiger partial charge in [-0.25, -0.2) is 0 Å². The highest BCUT2D eigenvalue weighted by molar-refractivity contribution is 5.28. The highest BCUT2D eigenvalue weighted by Crippen LogP contribution is 2.44. The number of nitrogens with one attached hydrogen (secondary N) is 2. The zero-order valence-electron chi connectivity index (χ0n) is 7.97. The molecule has 14 heavy (non-hydrogen) atoms. The number of hydrogen-bond donors (Lipinski definition) is 3. The van der Waals surface area contributed by atoms with Crippen molar-refractivity contribution >= 4 is 0 Å². The molecular formula is C10H14N2O2. The Bertz CT molecular complexity index is 420. The van der Waals surface area contributed by atoms with E-state index in [1.54, 1.807) is 0 Å². The van der Waals surface area contributed by atoms with Crippen LogP contribution in [0.3, 0.4) is 0 Å². The molecule has 2 unspecified atom stereocenters. The first-order valence-corrected chi connectivity index (χ1v) is 5.20. The lowest BCUT2D eigenvalue weighted by atomic mass is 9.68. The SMILES string of the molecule is O=c1[nH][nH]c2c1C1CCCC(O)(C2)C1. The Morgan fingerprint density at radius 2 is 2.29 bits per heavy atom. The second kappa shape index (κ2) is 2.51. The van der Waals surface area contributed by atoms with Gasteiger partial charge in [-0.1, -0.05) is 0 Å². The molecule has 1 aromatic rings. The van der Waals surface area contributed by atoms with Crippen LogP contribution < -0.4 is 5.56 Å². The maximum Gasteiger partial charge on any atom is 0.267 e. The van der Waals surface area contributed by atoms with E-state index in [4.69, 9.17) is 0 Å². The van der Waals surface area contributed by atoms with Gasteiger partial charge in [-0.2, -0.15) is 0 Å². The Kier molecular flexibility index (Phi) is 1.49. The first kappa shape index (κ1) is 8.29. The fraction of sp³-hybridized carbons (Fsp3) is 0.700. The lowest BCUT2D eigenvalue weighted by Gasteiger charge is -2.40. The quantitative estimate of drug-likeness (QED) is 0.567. The van der Waals surface area contributed by atoms with E-state index in [1.807, 2.05) is 0 Å². The van der Waals surface area contributed by atoms with E-state index < -0.39 is 5.60 Å². The number of rotatable bonds is 0. The van der Waals surface area contributed by atoms with Crippen molar-refractivity contribution in [2.45, 2.75) is 43.6 Å². The van der Waals surface area contributed by atoms with E-state index in [1.165, 1.54) is 0 Å². The van der Waals surface area contributed by atoms with Crippen molar-refractivity contribution in [3.05, 3.63) is 21.6 Å². The minimum absolute atomic E-state index is 0.00829. The molecule has 0 saturated heterocycles. The van der Waals surface area contributed by atoms with Gasteiger partial charge in [-0.15, -0.1) is 0 Å². The Labute approximate surface area is 81.3 Å². The van der Waals surface area contributed by atoms with Gasteiger partial charge < -0.3 is 10.2 Å². The summed E-state index contributed by atoms with van der Waals surface area (Å²) in [5.74, 6) is 0.271. The molecule has 0 spiro atoms. The van der Waals surface area contributed by atoms with E-state index in [-0.39, 0.29) is 11.5 Å². The molecule has 2 aliphatic carbocycles. The molecule has 0 radical (unpaired) electrons. The van der Waals surface area contributed by atoms with Crippen molar-refractivity contribution in [1.29, 1.82) is 0 Å². The Balaban J connectivity index is 2.15. The molecular weight excluding hydrogens is 180 g/mol. The van der Waals surface area contributed by atoms with Crippen molar-refractivity contribution < 1.29 is 5.11 Å². The van der Waals surface area contributed by atoms with Crippen LogP contribution in [0.2, 0.25) is 0 Å². The van der Waals surface area contributed by atoms with E-state index in [0.717, 1.165) is 36.9 Å². The van der Waals surface area contributed by atoms with Gasteiger partial charge in [0.1, 0.15) is 0 Å². The van der Waals surface area contributed by atoms with Crippen LogP contribution in [0.4, 0.5) is 0 Å². The number of fused-ring (bicyclic) bond motifs is 4. The highest BCUT2D eigenvalue weighted by Gasteiger charge is 2.42. The van der Waals surface area contributed by atoms with E-state index in [2.05, 4.69) is 10.2 Å². The van der Waals surface area contributed by atoms with Gasteiger partial charge in [0.25, 0.3) is 5.56 Å². The summed E-state index contributed by atoms with van der Waals surface area (Å²) in [6.07, 6.45) is 4.32. The molecule has 0 aliphatic heterocycles. The first-order valence-electron chi connectivity index (χ1n) is 5.20. The fourth-order valence-electron chi connectivity index (χ4n) is 3.05. The third-order valence-corrected chi connectivity index (χ3v) is 3.63. The summed E-state index contributed by atoms with van der Waals surface area (Å²) in [4.78, 5) is 11.5. The molecule has 1 aromatic heterocycles. The summed E-state index contributed by atoms with van der Waals surface area (Å²) >= 11 is 0. The normalized spacial score (nSPS) is 35.4. The van der Waals surface area contributed by atoms with Crippen molar-refractivity contribution in [3.8, 4) is 0 Å².